The summed E-state index contributed by atoms with van der Waals surface area (Å²) in [7, 11) is 0. The Bertz CT molecular complexity index is 921. The first-order valence-electron chi connectivity index (χ1n) is 8.20. The number of thiocarbonyl (C=S) groups is 1. The fourth-order valence-corrected chi connectivity index (χ4v) is 3.00. The number of fused-ring (bicyclic) bond motifs is 1. The van der Waals surface area contributed by atoms with Crippen LogP contribution in [0.15, 0.2) is 54.6 Å². The van der Waals surface area contributed by atoms with Crippen molar-refractivity contribution in [3.05, 3.63) is 71.3 Å². The third-order valence-corrected chi connectivity index (χ3v) is 4.28. The summed E-state index contributed by atoms with van der Waals surface area (Å²) in [5, 5.41) is 2.09. The van der Waals surface area contributed by atoms with Crippen LogP contribution in [0, 0.1) is 13.8 Å². The lowest BCUT2D eigenvalue weighted by atomic mass is 10.0. The van der Waals surface area contributed by atoms with Crippen molar-refractivity contribution in [3.8, 4) is 11.5 Å². The van der Waals surface area contributed by atoms with Gasteiger partial charge in [0.1, 0.15) is 29.7 Å². The Morgan fingerprint density at radius 2 is 1.64 bits per heavy atom. The summed E-state index contributed by atoms with van der Waals surface area (Å²) in [5.74, 6) is 1.58. The van der Waals surface area contributed by atoms with Gasteiger partial charge >= 0.3 is 0 Å². The van der Waals surface area contributed by atoms with Crippen molar-refractivity contribution < 1.29 is 9.47 Å². The topological polar surface area (TPSA) is 44.5 Å². The Morgan fingerprint density at radius 1 is 0.920 bits per heavy atom. The molecular weight excluding hydrogens is 330 g/mol. The average Bonchev–Trinajstić information content (AvgIpc) is 2.60. The minimum Gasteiger partial charge on any atom is -0.490 e. The van der Waals surface area contributed by atoms with E-state index in [-0.39, 0.29) is 0 Å². The Morgan fingerprint density at radius 3 is 2.40 bits per heavy atom. The molecule has 3 aromatic carbocycles. The van der Waals surface area contributed by atoms with Crippen molar-refractivity contribution in [2.75, 3.05) is 13.2 Å². The molecule has 0 aliphatic rings. The summed E-state index contributed by atoms with van der Waals surface area (Å²) in [6.07, 6.45) is 0. The highest BCUT2D eigenvalue weighted by Crippen LogP contribution is 2.28. The molecule has 0 amide bonds. The summed E-state index contributed by atoms with van der Waals surface area (Å²) < 4.78 is 11.7. The molecule has 4 heteroatoms. The Kier molecular flexibility index (Phi) is 5.19. The van der Waals surface area contributed by atoms with Gasteiger partial charge in [-0.3, -0.25) is 0 Å². The van der Waals surface area contributed by atoms with Gasteiger partial charge in [0.05, 0.1) is 5.56 Å². The molecule has 0 spiro atoms. The van der Waals surface area contributed by atoms with E-state index >= 15 is 0 Å². The highest BCUT2D eigenvalue weighted by atomic mass is 32.1. The highest BCUT2D eigenvalue weighted by molar-refractivity contribution is 7.80. The second-order valence-corrected chi connectivity index (χ2v) is 6.43. The first kappa shape index (κ1) is 17.2. The quantitative estimate of drug-likeness (QED) is 0.523. The molecular formula is C21H21NO2S. The summed E-state index contributed by atoms with van der Waals surface area (Å²) in [4.78, 5) is 0.335. The standard InChI is InChI=1S/C21H21NO2S/c1-14-7-8-15(2)19(13-14)24-12-11-23-18-10-9-16-5-3-4-6-17(16)20(18)21(22)25/h3-10,13H,11-12H2,1-2H3,(H2,22,25). The normalized spacial score (nSPS) is 10.6. The van der Waals surface area contributed by atoms with Gasteiger partial charge in [-0.05, 0) is 47.9 Å². The van der Waals surface area contributed by atoms with Crippen LogP contribution in [0.5, 0.6) is 11.5 Å². The lowest BCUT2D eigenvalue weighted by molar-refractivity contribution is 0.216. The van der Waals surface area contributed by atoms with Crippen molar-refractivity contribution in [2.24, 2.45) is 5.73 Å². The summed E-state index contributed by atoms with van der Waals surface area (Å²) in [6, 6.07) is 18.1. The number of benzene rings is 3. The fourth-order valence-electron chi connectivity index (χ4n) is 2.79. The number of aryl methyl sites for hydroxylation is 2. The molecule has 0 bridgehead atoms. The van der Waals surface area contributed by atoms with Gasteiger partial charge in [0.2, 0.25) is 0 Å². The van der Waals surface area contributed by atoms with Crippen LogP contribution in [0.25, 0.3) is 10.8 Å². The molecule has 0 heterocycles. The monoisotopic (exact) mass is 351 g/mol. The van der Waals surface area contributed by atoms with Gasteiger partial charge < -0.3 is 15.2 Å². The van der Waals surface area contributed by atoms with Crippen LogP contribution in [0.2, 0.25) is 0 Å². The highest BCUT2D eigenvalue weighted by Gasteiger charge is 2.11. The molecule has 128 valence electrons. The molecule has 3 aromatic rings. The maximum Gasteiger partial charge on any atom is 0.130 e. The zero-order valence-electron chi connectivity index (χ0n) is 14.4. The lowest BCUT2D eigenvalue weighted by Gasteiger charge is -2.14. The van der Waals surface area contributed by atoms with E-state index in [4.69, 9.17) is 27.4 Å². The molecule has 3 rings (SSSR count). The number of hydrogen-bond donors (Lipinski definition) is 1. The third kappa shape index (κ3) is 3.91. The first-order chi connectivity index (χ1) is 12.1. The Hall–Kier alpha value is -2.59. The minimum absolute atomic E-state index is 0.335. The zero-order chi connectivity index (χ0) is 17.8. The van der Waals surface area contributed by atoms with Crippen molar-refractivity contribution in [1.82, 2.24) is 0 Å². The van der Waals surface area contributed by atoms with Crippen LogP contribution in [-0.4, -0.2) is 18.2 Å². The van der Waals surface area contributed by atoms with Gasteiger partial charge in [-0.25, -0.2) is 0 Å². The second kappa shape index (κ2) is 7.53. The van der Waals surface area contributed by atoms with Crippen molar-refractivity contribution in [2.45, 2.75) is 13.8 Å². The van der Waals surface area contributed by atoms with Crippen LogP contribution in [-0.2, 0) is 0 Å². The van der Waals surface area contributed by atoms with Gasteiger partial charge in [0.15, 0.2) is 0 Å². The van der Waals surface area contributed by atoms with E-state index < -0.39 is 0 Å². The van der Waals surface area contributed by atoms with Gasteiger partial charge in [0.25, 0.3) is 0 Å². The maximum atomic E-state index is 5.93. The van der Waals surface area contributed by atoms with Gasteiger partial charge in [-0.1, -0.05) is 54.7 Å². The van der Waals surface area contributed by atoms with Crippen LogP contribution >= 0.6 is 12.2 Å². The molecule has 0 saturated heterocycles. The third-order valence-electron chi connectivity index (χ3n) is 4.08. The fraction of sp³-hybridized carbons (Fsp3) is 0.190. The van der Waals surface area contributed by atoms with Crippen LogP contribution in [0.3, 0.4) is 0 Å². The molecule has 0 aliphatic carbocycles. The van der Waals surface area contributed by atoms with Gasteiger partial charge in [-0.15, -0.1) is 0 Å². The van der Waals surface area contributed by atoms with Crippen LogP contribution in [0.4, 0.5) is 0 Å². The number of hydrogen-bond acceptors (Lipinski definition) is 3. The molecule has 2 N–H and O–H groups in total. The van der Waals surface area contributed by atoms with E-state index in [0.717, 1.165) is 27.6 Å². The molecule has 0 atom stereocenters. The number of nitrogens with two attached hydrogens (primary N) is 1. The van der Waals surface area contributed by atoms with Crippen LogP contribution in [0.1, 0.15) is 16.7 Å². The average molecular weight is 351 g/mol. The minimum atomic E-state index is 0.335. The molecule has 0 fully saturated rings. The predicted molar refractivity (Wildman–Crippen MR) is 107 cm³/mol. The van der Waals surface area contributed by atoms with E-state index in [2.05, 4.69) is 12.1 Å². The Labute approximate surface area is 153 Å². The Balaban J connectivity index is 1.72. The van der Waals surface area contributed by atoms with Crippen molar-refractivity contribution >= 4 is 28.0 Å². The SMILES string of the molecule is Cc1ccc(C)c(OCCOc2ccc3ccccc3c2C(N)=S)c1. The number of ether oxygens (including phenoxy) is 2. The smallest absolute Gasteiger partial charge is 0.130 e. The van der Waals surface area contributed by atoms with Crippen molar-refractivity contribution in [1.29, 1.82) is 0 Å². The molecule has 25 heavy (non-hydrogen) atoms. The molecule has 0 radical (unpaired) electrons. The lowest BCUT2D eigenvalue weighted by Crippen LogP contribution is -2.15. The molecule has 0 aliphatic heterocycles. The summed E-state index contributed by atoms with van der Waals surface area (Å²) >= 11 is 5.23. The molecule has 3 nitrogen and oxygen atoms in total. The summed E-state index contributed by atoms with van der Waals surface area (Å²) in [6.45, 7) is 4.95. The van der Waals surface area contributed by atoms with Gasteiger partial charge in [0, 0.05) is 0 Å². The molecule has 0 saturated carbocycles. The van der Waals surface area contributed by atoms with E-state index in [0.29, 0.717) is 24.0 Å². The zero-order valence-corrected chi connectivity index (χ0v) is 15.2. The molecule has 0 unspecified atom stereocenters. The second-order valence-electron chi connectivity index (χ2n) is 5.99. The first-order valence-corrected chi connectivity index (χ1v) is 8.61. The number of rotatable bonds is 6. The van der Waals surface area contributed by atoms with E-state index in [9.17, 15) is 0 Å². The predicted octanol–water partition coefficient (Wildman–Crippen LogP) is 4.55. The van der Waals surface area contributed by atoms with Gasteiger partial charge in [-0.2, -0.15) is 0 Å². The van der Waals surface area contributed by atoms with E-state index in [1.807, 2.05) is 56.3 Å². The molecule has 0 aromatic heterocycles. The van der Waals surface area contributed by atoms with Crippen molar-refractivity contribution in [3.63, 3.8) is 0 Å². The largest absolute Gasteiger partial charge is 0.490 e. The van der Waals surface area contributed by atoms with E-state index in [1.165, 1.54) is 5.56 Å². The van der Waals surface area contributed by atoms with E-state index in [1.54, 1.807) is 0 Å². The summed E-state index contributed by atoms with van der Waals surface area (Å²) in [5.41, 5.74) is 8.99. The maximum absolute atomic E-state index is 5.93. The van der Waals surface area contributed by atoms with Crippen LogP contribution < -0.4 is 15.2 Å².